The number of carboxylic acid groups (broad SMARTS) is 1. The molecule has 2 unspecified atom stereocenters. The third-order valence-corrected chi connectivity index (χ3v) is 5.00. The number of aliphatic carboxylic acids is 1. The number of carbonyl (C=O) groups is 2. The van der Waals surface area contributed by atoms with Gasteiger partial charge in [-0.15, -0.1) is 0 Å². The number of rotatable bonds is 16. The van der Waals surface area contributed by atoms with E-state index >= 15 is 0 Å². The molecule has 0 radical (unpaired) electrons. The lowest BCUT2D eigenvalue weighted by Crippen LogP contribution is -2.37. The monoisotopic (exact) mass is 387 g/mol. The molecular weight excluding hydrogens is 350 g/mol. The highest BCUT2D eigenvalue weighted by Gasteiger charge is 2.33. The van der Waals surface area contributed by atoms with Gasteiger partial charge in [0.2, 0.25) is 0 Å². The summed E-state index contributed by atoms with van der Waals surface area (Å²) in [4.78, 5) is 27.1. The maximum absolute atomic E-state index is 11.7. The molecule has 158 valence electrons. The molecular formula is C20H37NO6. The van der Waals surface area contributed by atoms with Gasteiger partial charge >= 0.3 is 11.9 Å². The summed E-state index contributed by atoms with van der Waals surface area (Å²) in [5.74, 6) is -1.09. The summed E-state index contributed by atoms with van der Waals surface area (Å²) in [6.45, 7) is 0. The molecule has 0 saturated carbocycles. The van der Waals surface area contributed by atoms with Crippen LogP contribution in [0.3, 0.4) is 0 Å². The summed E-state index contributed by atoms with van der Waals surface area (Å²) < 4.78 is 0. The summed E-state index contributed by atoms with van der Waals surface area (Å²) in [5, 5.41) is 28.7. The molecule has 1 saturated heterocycles. The first kappa shape index (κ1) is 23.9. The first-order chi connectivity index (χ1) is 13.0. The van der Waals surface area contributed by atoms with Crippen LogP contribution in [0.4, 0.5) is 0 Å². The molecule has 1 fully saturated rings. The van der Waals surface area contributed by atoms with Crippen molar-refractivity contribution in [2.75, 3.05) is 0 Å². The van der Waals surface area contributed by atoms with Crippen LogP contribution in [0.2, 0.25) is 0 Å². The lowest BCUT2D eigenvalue weighted by molar-refractivity contribution is -0.261. The summed E-state index contributed by atoms with van der Waals surface area (Å²) in [6, 6.07) is 0. The summed E-state index contributed by atoms with van der Waals surface area (Å²) in [6.07, 6.45) is 12.8. The van der Waals surface area contributed by atoms with Gasteiger partial charge in [0, 0.05) is 12.8 Å². The van der Waals surface area contributed by atoms with Gasteiger partial charge in [0.25, 0.3) is 0 Å². The van der Waals surface area contributed by atoms with Crippen LogP contribution in [0.25, 0.3) is 0 Å². The van der Waals surface area contributed by atoms with Gasteiger partial charge in [-0.25, -0.2) is 0 Å². The van der Waals surface area contributed by atoms with E-state index in [0.29, 0.717) is 25.7 Å². The van der Waals surface area contributed by atoms with Crippen LogP contribution in [0.15, 0.2) is 0 Å². The second kappa shape index (κ2) is 14.8. The van der Waals surface area contributed by atoms with Gasteiger partial charge in [-0.1, -0.05) is 69.3 Å². The van der Waals surface area contributed by atoms with Gasteiger partial charge in [0.05, 0.1) is 0 Å². The van der Waals surface area contributed by atoms with Crippen LogP contribution in [-0.4, -0.2) is 44.8 Å². The number of nitrogens with zero attached hydrogens (tertiary/aromatic N) is 1. The zero-order chi connectivity index (χ0) is 19.9. The number of carbonyl (C=O) groups excluding carboxylic acids is 1. The van der Waals surface area contributed by atoms with Gasteiger partial charge in [-0.3, -0.25) is 9.59 Å². The zero-order valence-corrected chi connectivity index (χ0v) is 16.5. The number of carboxylic acids is 1. The summed E-state index contributed by atoms with van der Waals surface area (Å²) in [5.41, 5.74) is 0. The minimum Gasteiger partial charge on any atom is -0.481 e. The molecule has 1 heterocycles. The van der Waals surface area contributed by atoms with E-state index < -0.39 is 24.4 Å². The van der Waals surface area contributed by atoms with Crippen molar-refractivity contribution in [1.82, 2.24) is 5.06 Å². The SMILES string of the molecule is O=C(O)CCCCCCCCCCCCCCC(=O)ON1C(O)CCC1O. The normalized spacial score (nSPS) is 20.1. The van der Waals surface area contributed by atoms with Crippen LogP contribution in [-0.2, 0) is 14.4 Å². The van der Waals surface area contributed by atoms with Gasteiger partial charge in [0.1, 0.15) is 12.5 Å². The molecule has 1 aliphatic rings. The lowest BCUT2D eigenvalue weighted by atomic mass is 10.0. The molecule has 27 heavy (non-hydrogen) atoms. The zero-order valence-electron chi connectivity index (χ0n) is 16.5. The first-order valence-electron chi connectivity index (χ1n) is 10.6. The Hall–Kier alpha value is -1.18. The molecule has 0 aromatic carbocycles. The van der Waals surface area contributed by atoms with Gasteiger partial charge in [0.15, 0.2) is 0 Å². The van der Waals surface area contributed by atoms with E-state index in [1.54, 1.807) is 0 Å². The molecule has 1 rings (SSSR count). The van der Waals surface area contributed by atoms with Crippen LogP contribution in [0, 0.1) is 0 Å². The highest BCUT2D eigenvalue weighted by molar-refractivity contribution is 5.69. The highest BCUT2D eigenvalue weighted by atomic mass is 16.7. The third-order valence-electron chi connectivity index (χ3n) is 5.00. The van der Waals surface area contributed by atoms with E-state index in [1.807, 2.05) is 0 Å². The minimum atomic E-state index is -0.895. The fraction of sp³-hybridized carbons (Fsp3) is 0.900. The van der Waals surface area contributed by atoms with Crippen molar-refractivity contribution in [2.24, 2.45) is 0 Å². The van der Waals surface area contributed by atoms with E-state index in [-0.39, 0.29) is 0 Å². The van der Waals surface area contributed by atoms with Gasteiger partial charge in [-0.2, -0.15) is 0 Å². The van der Waals surface area contributed by atoms with Crippen LogP contribution >= 0.6 is 0 Å². The van der Waals surface area contributed by atoms with E-state index in [1.165, 1.54) is 38.5 Å². The summed E-state index contributed by atoms with van der Waals surface area (Å²) >= 11 is 0. The van der Waals surface area contributed by atoms with Crippen LogP contribution in [0.1, 0.15) is 103 Å². The molecule has 0 amide bonds. The molecule has 0 aromatic rings. The molecule has 2 atom stereocenters. The van der Waals surface area contributed by atoms with Crippen molar-refractivity contribution < 1.29 is 29.7 Å². The van der Waals surface area contributed by atoms with Crippen molar-refractivity contribution in [2.45, 2.75) is 115 Å². The van der Waals surface area contributed by atoms with Crippen molar-refractivity contribution >= 4 is 11.9 Å². The number of aliphatic hydroxyl groups is 2. The van der Waals surface area contributed by atoms with Gasteiger partial charge < -0.3 is 20.2 Å². The Labute approximate surface area is 162 Å². The maximum atomic E-state index is 11.7. The fourth-order valence-corrected chi connectivity index (χ4v) is 3.35. The van der Waals surface area contributed by atoms with Crippen LogP contribution in [0.5, 0.6) is 0 Å². The Kier molecular flexibility index (Phi) is 13.1. The van der Waals surface area contributed by atoms with E-state index in [9.17, 15) is 19.8 Å². The van der Waals surface area contributed by atoms with E-state index in [2.05, 4.69) is 0 Å². The van der Waals surface area contributed by atoms with Gasteiger partial charge in [-0.05, 0) is 25.7 Å². The maximum Gasteiger partial charge on any atom is 0.325 e. The Morgan fingerprint density at radius 1 is 0.704 bits per heavy atom. The molecule has 3 N–H and O–H groups in total. The molecule has 1 aliphatic heterocycles. The second-order valence-corrected chi connectivity index (χ2v) is 7.50. The van der Waals surface area contributed by atoms with Crippen molar-refractivity contribution in [3.8, 4) is 0 Å². The highest BCUT2D eigenvalue weighted by Crippen LogP contribution is 2.21. The standard InChI is InChI=1S/C20H37NO6/c22-17-15-16-18(23)21(17)27-20(26)14-12-10-8-6-4-2-1-3-5-7-9-11-13-19(24)25/h17-18,22-23H,1-16H2,(H,24,25). The molecule has 7 nitrogen and oxygen atoms in total. The Morgan fingerprint density at radius 3 is 1.48 bits per heavy atom. The summed E-state index contributed by atoms with van der Waals surface area (Å²) in [7, 11) is 0. The lowest BCUT2D eigenvalue weighted by Gasteiger charge is -2.21. The van der Waals surface area contributed by atoms with Crippen LogP contribution < -0.4 is 0 Å². The average molecular weight is 388 g/mol. The molecule has 0 aromatic heterocycles. The minimum absolute atomic E-state index is 0.292. The topological polar surface area (TPSA) is 107 Å². The number of hydrogen-bond donors (Lipinski definition) is 3. The Balaban J connectivity index is 1.81. The predicted octanol–water partition coefficient (Wildman–Crippen LogP) is 3.72. The first-order valence-corrected chi connectivity index (χ1v) is 10.6. The predicted molar refractivity (Wildman–Crippen MR) is 101 cm³/mol. The van der Waals surface area contributed by atoms with Crippen molar-refractivity contribution in [3.63, 3.8) is 0 Å². The molecule has 0 spiro atoms. The smallest absolute Gasteiger partial charge is 0.325 e. The number of unbranched alkanes of at least 4 members (excludes halogenated alkanes) is 11. The average Bonchev–Trinajstić information content (AvgIpc) is 2.93. The fourth-order valence-electron chi connectivity index (χ4n) is 3.35. The second-order valence-electron chi connectivity index (χ2n) is 7.50. The van der Waals surface area contributed by atoms with Crippen molar-refractivity contribution in [1.29, 1.82) is 0 Å². The van der Waals surface area contributed by atoms with Crippen molar-refractivity contribution in [3.05, 3.63) is 0 Å². The third kappa shape index (κ3) is 12.0. The number of aliphatic hydroxyl groups excluding tert-OH is 2. The quantitative estimate of drug-likeness (QED) is 0.346. The van der Waals surface area contributed by atoms with E-state index in [0.717, 1.165) is 43.6 Å². The molecule has 7 heteroatoms. The molecule has 0 aliphatic carbocycles. The number of hydroxylamine groups is 2. The van der Waals surface area contributed by atoms with E-state index in [4.69, 9.17) is 9.94 Å². The Morgan fingerprint density at radius 2 is 1.07 bits per heavy atom. The Bertz CT molecular complexity index is 407. The molecule has 0 bridgehead atoms. The largest absolute Gasteiger partial charge is 0.481 e. The number of hydrogen-bond acceptors (Lipinski definition) is 6.